The maximum absolute atomic E-state index is 9.30. The van der Waals surface area contributed by atoms with Crippen molar-refractivity contribution in [2.75, 3.05) is 26.2 Å². The third-order valence-electron chi connectivity index (χ3n) is 3.08. The number of morpholine rings is 1. The molecular formula is C13H28N2O2. The molecule has 0 bridgehead atoms. The summed E-state index contributed by atoms with van der Waals surface area (Å²) in [6.07, 6.45) is 1.64. The summed E-state index contributed by atoms with van der Waals surface area (Å²) in [5.41, 5.74) is 0. The molecule has 0 amide bonds. The van der Waals surface area contributed by atoms with Crippen LogP contribution in [0.5, 0.6) is 0 Å². The van der Waals surface area contributed by atoms with Gasteiger partial charge in [-0.05, 0) is 26.8 Å². The molecule has 0 aromatic heterocycles. The summed E-state index contributed by atoms with van der Waals surface area (Å²) in [5, 5.41) is 12.7. The molecule has 102 valence electrons. The van der Waals surface area contributed by atoms with Crippen LogP contribution >= 0.6 is 0 Å². The molecule has 0 saturated carbocycles. The zero-order valence-electron chi connectivity index (χ0n) is 11.6. The Bertz CT molecular complexity index is 202. The zero-order valence-corrected chi connectivity index (χ0v) is 11.6. The molecule has 1 saturated heterocycles. The Morgan fingerprint density at radius 3 is 2.35 bits per heavy atom. The molecule has 0 spiro atoms. The van der Waals surface area contributed by atoms with E-state index in [2.05, 4.69) is 37.9 Å². The minimum atomic E-state index is 0.212. The first-order valence-electron chi connectivity index (χ1n) is 6.76. The molecule has 3 atom stereocenters. The highest BCUT2D eigenvalue weighted by Gasteiger charge is 2.22. The average molecular weight is 244 g/mol. The zero-order chi connectivity index (χ0) is 12.8. The van der Waals surface area contributed by atoms with E-state index in [1.165, 1.54) is 0 Å². The van der Waals surface area contributed by atoms with Gasteiger partial charge in [-0.2, -0.15) is 0 Å². The van der Waals surface area contributed by atoms with Crippen molar-refractivity contribution in [2.45, 2.75) is 58.4 Å². The van der Waals surface area contributed by atoms with Crippen molar-refractivity contribution in [3.8, 4) is 0 Å². The van der Waals surface area contributed by atoms with E-state index in [0.717, 1.165) is 26.1 Å². The molecule has 4 nitrogen and oxygen atoms in total. The lowest BCUT2D eigenvalue weighted by atomic mass is 10.1. The molecule has 1 rings (SSSR count). The van der Waals surface area contributed by atoms with E-state index in [1.54, 1.807) is 0 Å². The first-order valence-corrected chi connectivity index (χ1v) is 6.76. The van der Waals surface area contributed by atoms with Gasteiger partial charge in [-0.1, -0.05) is 13.8 Å². The predicted octanol–water partition coefficient (Wildman–Crippen LogP) is 0.845. The second kappa shape index (κ2) is 7.31. The fraction of sp³-hybridized carbons (Fsp3) is 1.00. The molecule has 1 heterocycles. The Balaban J connectivity index is 2.28. The van der Waals surface area contributed by atoms with Gasteiger partial charge in [-0.25, -0.2) is 0 Å². The van der Waals surface area contributed by atoms with Gasteiger partial charge in [0.2, 0.25) is 0 Å². The van der Waals surface area contributed by atoms with E-state index < -0.39 is 0 Å². The van der Waals surface area contributed by atoms with Gasteiger partial charge in [0.05, 0.1) is 18.8 Å². The predicted molar refractivity (Wildman–Crippen MR) is 70.2 cm³/mol. The van der Waals surface area contributed by atoms with E-state index >= 15 is 0 Å². The van der Waals surface area contributed by atoms with Gasteiger partial charge in [0.15, 0.2) is 0 Å². The van der Waals surface area contributed by atoms with Crippen LogP contribution in [0.4, 0.5) is 0 Å². The van der Waals surface area contributed by atoms with Gasteiger partial charge in [0.25, 0.3) is 0 Å². The number of aliphatic hydroxyl groups is 1. The van der Waals surface area contributed by atoms with E-state index in [1.807, 2.05) is 0 Å². The Hall–Kier alpha value is -0.160. The summed E-state index contributed by atoms with van der Waals surface area (Å²) < 4.78 is 5.71. The van der Waals surface area contributed by atoms with Crippen LogP contribution in [0.15, 0.2) is 0 Å². The molecule has 1 aliphatic rings. The van der Waals surface area contributed by atoms with Crippen LogP contribution in [-0.2, 0) is 4.74 Å². The maximum atomic E-state index is 9.30. The van der Waals surface area contributed by atoms with Crippen molar-refractivity contribution in [1.82, 2.24) is 10.2 Å². The second-order valence-corrected chi connectivity index (χ2v) is 5.51. The lowest BCUT2D eigenvalue weighted by molar-refractivity contribution is -0.0688. The molecule has 1 fully saturated rings. The monoisotopic (exact) mass is 244 g/mol. The lowest BCUT2D eigenvalue weighted by Crippen LogP contribution is -2.47. The number of hydrogen-bond donors (Lipinski definition) is 2. The summed E-state index contributed by atoms with van der Waals surface area (Å²) in [6, 6.07) is 0.637. The Morgan fingerprint density at radius 1 is 1.29 bits per heavy atom. The normalized spacial score (nSPS) is 28.6. The molecule has 0 aliphatic carbocycles. The molecule has 2 N–H and O–H groups in total. The first kappa shape index (κ1) is 14.9. The number of aliphatic hydroxyl groups excluding tert-OH is 1. The quantitative estimate of drug-likeness (QED) is 0.727. The molecule has 17 heavy (non-hydrogen) atoms. The van der Waals surface area contributed by atoms with Gasteiger partial charge in [-0.15, -0.1) is 0 Å². The molecule has 0 aromatic rings. The van der Waals surface area contributed by atoms with Crippen molar-refractivity contribution < 1.29 is 9.84 Å². The third-order valence-corrected chi connectivity index (χ3v) is 3.08. The molecule has 0 radical (unpaired) electrons. The van der Waals surface area contributed by atoms with Crippen LogP contribution in [0.3, 0.4) is 0 Å². The summed E-state index contributed by atoms with van der Waals surface area (Å²) in [4.78, 5) is 2.43. The van der Waals surface area contributed by atoms with Gasteiger partial charge in [0.1, 0.15) is 0 Å². The molecule has 1 aliphatic heterocycles. The lowest BCUT2D eigenvalue weighted by Gasteiger charge is -2.36. The molecular weight excluding hydrogens is 216 g/mol. The van der Waals surface area contributed by atoms with Crippen molar-refractivity contribution in [2.24, 2.45) is 0 Å². The van der Waals surface area contributed by atoms with Crippen LogP contribution in [-0.4, -0.2) is 60.5 Å². The van der Waals surface area contributed by atoms with E-state index in [9.17, 15) is 5.11 Å². The number of nitrogens with one attached hydrogen (secondary N) is 1. The van der Waals surface area contributed by atoms with E-state index in [4.69, 9.17) is 4.74 Å². The van der Waals surface area contributed by atoms with Crippen LogP contribution in [0, 0.1) is 0 Å². The van der Waals surface area contributed by atoms with E-state index in [-0.39, 0.29) is 12.6 Å². The summed E-state index contributed by atoms with van der Waals surface area (Å²) in [6.45, 7) is 11.7. The first-order chi connectivity index (χ1) is 8.01. The topological polar surface area (TPSA) is 44.7 Å². The Morgan fingerprint density at radius 2 is 1.88 bits per heavy atom. The minimum Gasteiger partial charge on any atom is -0.395 e. The Labute approximate surface area is 105 Å². The number of nitrogens with zero attached hydrogens (tertiary/aromatic N) is 1. The van der Waals surface area contributed by atoms with Crippen LogP contribution in [0.2, 0.25) is 0 Å². The van der Waals surface area contributed by atoms with Crippen molar-refractivity contribution >= 4 is 0 Å². The van der Waals surface area contributed by atoms with Crippen molar-refractivity contribution in [3.05, 3.63) is 0 Å². The largest absolute Gasteiger partial charge is 0.395 e. The third kappa shape index (κ3) is 5.82. The van der Waals surface area contributed by atoms with Gasteiger partial charge >= 0.3 is 0 Å². The van der Waals surface area contributed by atoms with Crippen molar-refractivity contribution in [1.29, 1.82) is 0 Å². The maximum Gasteiger partial charge on any atom is 0.0678 e. The van der Waals surface area contributed by atoms with Crippen molar-refractivity contribution in [3.63, 3.8) is 0 Å². The van der Waals surface area contributed by atoms with Crippen LogP contribution < -0.4 is 5.32 Å². The standard InChI is InChI=1S/C13H28N2O2/c1-10(2)14-13(9-16)5-6-15-7-11(3)17-12(4)8-15/h10-14,16H,5-9H2,1-4H3/t11-,12+,13?. The summed E-state index contributed by atoms with van der Waals surface area (Å²) >= 11 is 0. The number of rotatable bonds is 6. The number of ether oxygens (including phenoxy) is 1. The smallest absolute Gasteiger partial charge is 0.0678 e. The minimum absolute atomic E-state index is 0.212. The van der Waals surface area contributed by atoms with Crippen LogP contribution in [0.1, 0.15) is 34.1 Å². The van der Waals surface area contributed by atoms with Gasteiger partial charge in [-0.3, -0.25) is 4.90 Å². The van der Waals surface area contributed by atoms with Crippen LogP contribution in [0.25, 0.3) is 0 Å². The summed E-state index contributed by atoms with van der Waals surface area (Å²) in [7, 11) is 0. The molecule has 4 heteroatoms. The molecule has 1 unspecified atom stereocenters. The SMILES string of the molecule is CC(C)NC(CO)CCN1C[C@@H](C)O[C@@H](C)C1. The molecule has 0 aromatic carbocycles. The fourth-order valence-electron chi connectivity index (χ4n) is 2.50. The fourth-order valence-corrected chi connectivity index (χ4v) is 2.50. The summed E-state index contributed by atoms with van der Waals surface area (Å²) in [5.74, 6) is 0. The van der Waals surface area contributed by atoms with Gasteiger partial charge in [0, 0.05) is 25.2 Å². The second-order valence-electron chi connectivity index (χ2n) is 5.51. The van der Waals surface area contributed by atoms with E-state index in [0.29, 0.717) is 18.2 Å². The number of hydrogen-bond acceptors (Lipinski definition) is 4. The highest BCUT2D eigenvalue weighted by Crippen LogP contribution is 2.11. The Kier molecular flexibility index (Phi) is 6.41. The van der Waals surface area contributed by atoms with Gasteiger partial charge < -0.3 is 15.2 Å². The highest BCUT2D eigenvalue weighted by molar-refractivity contribution is 4.76. The average Bonchev–Trinajstić information content (AvgIpc) is 2.22. The highest BCUT2D eigenvalue weighted by atomic mass is 16.5.